The highest BCUT2D eigenvalue weighted by molar-refractivity contribution is 5.76. The summed E-state index contributed by atoms with van der Waals surface area (Å²) >= 11 is 0. The average Bonchev–Trinajstić information content (AvgIpc) is 3.03. The minimum atomic E-state index is 0.231. The summed E-state index contributed by atoms with van der Waals surface area (Å²) in [4.78, 5) is 14.9. The van der Waals surface area contributed by atoms with Gasteiger partial charge in [-0.1, -0.05) is 44.5 Å². The highest BCUT2D eigenvalue weighted by Crippen LogP contribution is 2.46. The third-order valence-corrected chi connectivity index (χ3v) is 6.57. The van der Waals surface area contributed by atoms with Crippen LogP contribution in [0.25, 0.3) is 0 Å². The monoisotopic (exact) mass is 357 g/mol. The number of piperidine rings is 1. The molecule has 144 valence electrons. The van der Waals surface area contributed by atoms with Crippen molar-refractivity contribution in [3.05, 3.63) is 35.4 Å². The first-order chi connectivity index (χ1) is 12.5. The molecule has 0 radical (unpaired) electrons. The summed E-state index contributed by atoms with van der Waals surface area (Å²) in [6.45, 7) is 6.28. The molecule has 3 nitrogen and oxygen atoms in total. The molecule has 1 saturated carbocycles. The summed E-state index contributed by atoms with van der Waals surface area (Å²) in [5.41, 5.74) is 2.95. The van der Waals surface area contributed by atoms with E-state index in [4.69, 9.17) is 4.74 Å². The van der Waals surface area contributed by atoms with Crippen molar-refractivity contribution in [1.29, 1.82) is 0 Å². The Balaban J connectivity index is 1.48. The van der Waals surface area contributed by atoms with Crippen LogP contribution in [0.2, 0.25) is 0 Å². The Labute approximate surface area is 159 Å². The number of rotatable bonds is 6. The summed E-state index contributed by atoms with van der Waals surface area (Å²) in [5, 5.41) is 0. The topological polar surface area (TPSA) is 29.5 Å². The zero-order valence-corrected chi connectivity index (χ0v) is 16.8. The second kappa shape index (κ2) is 8.56. The van der Waals surface area contributed by atoms with Gasteiger partial charge in [0.05, 0.1) is 6.10 Å². The van der Waals surface area contributed by atoms with E-state index in [-0.39, 0.29) is 5.41 Å². The smallest absolute Gasteiger partial charge is 0.222 e. The predicted molar refractivity (Wildman–Crippen MR) is 106 cm³/mol. The van der Waals surface area contributed by atoms with Crippen LogP contribution in [0.4, 0.5) is 0 Å². The maximum absolute atomic E-state index is 12.8. The van der Waals surface area contributed by atoms with Gasteiger partial charge in [-0.05, 0) is 55.6 Å². The van der Waals surface area contributed by atoms with E-state index in [1.54, 1.807) is 0 Å². The number of ether oxygens (including phenoxy) is 1. The lowest BCUT2D eigenvalue weighted by molar-refractivity contribution is -0.137. The second-order valence-electron chi connectivity index (χ2n) is 8.65. The van der Waals surface area contributed by atoms with E-state index in [0.717, 1.165) is 38.8 Å². The van der Waals surface area contributed by atoms with Gasteiger partial charge in [0.25, 0.3) is 0 Å². The van der Waals surface area contributed by atoms with Gasteiger partial charge < -0.3 is 9.64 Å². The largest absolute Gasteiger partial charge is 0.381 e. The van der Waals surface area contributed by atoms with Crippen molar-refractivity contribution >= 4 is 5.91 Å². The molecule has 1 amide bonds. The first-order valence-corrected chi connectivity index (χ1v) is 10.4. The molecule has 1 aromatic carbocycles. The molecule has 0 N–H and O–H groups in total. The second-order valence-corrected chi connectivity index (χ2v) is 8.65. The van der Waals surface area contributed by atoms with Crippen LogP contribution in [0, 0.1) is 5.41 Å². The van der Waals surface area contributed by atoms with Gasteiger partial charge in [0.15, 0.2) is 0 Å². The highest BCUT2D eigenvalue weighted by atomic mass is 16.5. The van der Waals surface area contributed by atoms with Gasteiger partial charge in [0.2, 0.25) is 5.91 Å². The van der Waals surface area contributed by atoms with Crippen LogP contribution >= 0.6 is 0 Å². The zero-order valence-electron chi connectivity index (χ0n) is 16.8. The van der Waals surface area contributed by atoms with Gasteiger partial charge in [-0.2, -0.15) is 0 Å². The average molecular weight is 358 g/mol. The number of likely N-dealkylation sites (tertiary alicyclic amines) is 1. The van der Waals surface area contributed by atoms with Crippen molar-refractivity contribution in [3.63, 3.8) is 0 Å². The minimum absolute atomic E-state index is 0.231. The zero-order chi connectivity index (χ0) is 18.6. The van der Waals surface area contributed by atoms with Crippen molar-refractivity contribution in [1.82, 2.24) is 4.90 Å². The maximum atomic E-state index is 12.8. The fourth-order valence-electron chi connectivity index (χ4n) is 4.99. The van der Waals surface area contributed by atoms with Crippen LogP contribution in [-0.4, -0.2) is 37.1 Å². The summed E-state index contributed by atoms with van der Waals surface area (Å²) in [7, 11) is 1.84. The molecule has 1 saturated heterocycles. The molecule has 1 heterocycles. The fourth-order valence-corrected chi connectivity index (χ4v) is 4.99. The normalized spacial score (nSPS) is 26.0. The first kappa shape index (κ1) is 19.4. The molecule has 1 aliphatic heterocycles. The Kier molecular flexibility index (Phi) is 6.39. The van der Waals surface area contributed by atoms with E-state index in [2.05, 4.69) is 43.0 Å². The molecule has 2 aliphatic rings. The van der Waals surface area contributed by atoms with Crippen molar-refractivity contribution in [3.8, 4) is 0 Å². The molecule has 1 aromatic rings. The molecule has 26 heavy (non-hydrogen) atoms. The molecule has 1 aliphatic carbocycles. The molecular formula is C23H35NO2. The van der Waals surface area contributed by atoms with E-state index in [1.165, 1.54) is 30.4 Å². The van der Waals surface area contributed by atoms with E-state index >= 15 is 0 Å². The third-order valence-electron chi connectivity index (χ3n) is 6.57. The predicted octanol–water partition coefficient (Wildman–Crippen LogP) is 4.94. The van der Waals surface area contributed by atoms with E-state index in [0.29, 0.717) is 24.3 Å². The summed E-state index contributed by atoms with van der Waals surface area (Å²) in [6, 6.07) is 8.89. The van der Waals surface area contributed by atoms with Crippen molar-refractivity contribution in [2.24, 2.45) is 5.41 Å². The Morgan fingerprint density at radius 1 is 1.23 bits per heavy atom. The summed E-state index contributed by atoms with van der Waals surface area (Å²) in [6.07, 6.45) is 8.91. The van der Waals surface area contributed by atoms with Crippen LogP contribution in [0.1, 0.15) is 75.8 Å². The number of carbonyl (C=O) groups is 1. The Bertz CT molecular complexity index is 595. The molecule has 2 atom stereocenters. The lowest BCUT2D eigenvalue weighted by atomic mass is 9.76. The minimum Gasteiger partial charge on any atom is -0.381 e. The van der Waals surface area contributed by atoms with Crippen LogP contribution in [0.3, 0.4) is 0 Å². The van der Waals surface area contributed by atoms with E-state index in [9.17, 15) is 4.79 Å². The highest BCUT2D eigenvalue weighted by Gasteiger charge is 2.46. The maximum Gasteiger partial charge on any atom is 0.222 e. The third kappa shape index (κ3) is 4.31. The number of benzene rings is 1. The lowest BCUT2D eigenvalue weighted by Gasteiger charge is -2.43. The van der Waals surface area contributed by atoms with Gasteiger partial charge in [0, 0.05) is 32.0 Å². The SMILES string of the molecule is CO[C@@H]1CCC[C@]12CCCN(C(=O)CCCc1ccc(C(C)C)cc1)C2. The van der Waals surface area contributed by atoms with Crippen LogP contribution < -0.4 is 0 Å². The number of carbonyl (C=O) groups excluding carboxylic acids is 1. The Morgan fingerprint density at radius 2 is 1.96 bits per heavy atom. The van der Waals surface area contributed by atoms with Crippen LogP contribution in [-0.2, 0) is 16.0 Å². The first-order valence-electron chi connectivity index (χ1n) is 10.4. The summed E-state index contributed by atoms with van der Waals surface area (Å²) < 4.78 is 5.76. The molecule has 3 rings (SSSR count). The lowest BCUT2D eigenvalue weighted by Crippen LogP contribution is -2.49. The number of aryl methyl sites for hydroxylation is 1. The summed E-state index contributed by atoms with van der Waals surface area (Å²) in [5.74, 6) is 0.910. The fraction of sp³-hybridized carbons (Fsp3) is 0.696. The van der Waals surface area contributed by atoms with Crippen molar-refractivity contribution in [2.45, 2.75) is 77.2 Å². The van der Waals surface area contributed by atoms with Gasteiger partial charge in [-0.15, -0.1) is 0 Å². The molecular weight excluding hydrogens is 322 g/mol. The van der Waals surface area contributed by atoms with Gasteiger partial charge in [0.1, 0.15) is 0 Å². The molecule has 0 unspecified atom stereocenters. The van der Waals surface area contributed by atoms with E-state index in [1.807, 2.05) is 7.11 Å². The Morgan fingerprint density at radius 3 is 2.65 bits per heavy atom. The van der Waals surface area contributed by atoms with Crippen molar-refractivity contribution < 1.29 is 9.53 Å². The van der Waals surface area contributed by atoms with Crippen molar-refractivity contribution in [2.75, 3.05) is 20.2 Å². The number of amides is 1. The quantitative estimate of drug-likeness (QED) is 0.721. The molecule has 3 heteroatoms. The molecule has 2 fully saturated rings. The standard InChI is InChI=1S/C23H35NO2/c1-18(2)20-12-10-19(11-13-20)7-4-9-22(25)24-16-6-15-23(17-24)14-5-8-21(23)26-3/h10-13,18,21H,4-9,14-17H2,1-3H3/t21-,23-/m1/s1. The van der Waals surface area contributed by atoms with Gasteiger partial charge >= 0.3 is 0 Å². The number of methoxy groups -OCH3 is 1. The van der Waals surface area contributed by atoms with Gasteiger partial charge in [-0.25, -0.2) is 0 Å². The number of hydrogen-bond acceptors (Lipinski definition) is 2. The number of nitrogens with zero attached hydrogens (tertiary/aromatic N) is 1. The van der Waals surface area contributed by atoms with Crippen LogP contribution in [0.15, 0.2) is 24.3 Å². The van der Waals surface area contributed by atoms with Gasteiger partial charge in [-0.3, -0.25) is 4.79 Å². The molecule has 0 bridgehead atoms. The molecule has 0 aromatic heterocycles. The molecule has 1 spiro atoms. The van der Waals surface area contributed by atoms with Crippen LogP contribution in [0.5, 0.6) is 0 Å². The van der Waals surface area contributed by atoms with E-state index < -0.39 is 0 Å². The number of hydrogen-bond donors (Lipinski definition) is 0. The Hall–Kier alpha value is -1.35.